The summed E-state index contributed by atoms with van der Waals surface area (Å²) in [4.78, 5) is 14.3. The van der Waals surface area contributed by atoms with Crippen LogP contribution >= 0.6 is 0 Å². The van der Waals surface area contributed by atoms with Gasteiger partial charge in [0, 0.05) is 36.6 Å². The fourth-order valence-corrected chi connectivity index (χ4v) is 2.60. The number of rotatable bonds is 6. The van der Waals surface area contributed by atoms with E-state index in [-0.39, 0.29) is 12.3 Å². The number of nitrogens with one attached hydrogen (secondary N) is 1. The summed E-state index contributed by atoms with van der Waals surface area (Å²) in [5, 5.41) is 2.91. The zero-order valence-corrected chi connectivity index (χ0v) is 14.8. The van der Waals surface area contributed by atoms with Crippen molar-refractivity contribution in [3.05, 3.63) is 47.5 Å². The van der Waals surface area contributed by atoms with Gasteiger partial charge in [0.25, 0.3) is 0 Å². The van der Waals surface area contributed by atoms with E-state index in [1.54, 1.807) is 14.2 Å². The van der Waals surface area contributed by atoms with Gasteiger partial charge < -0.3 is 19.7 Å². The van der Waals surface area contributed by atoms with Gasteiger partial charge in [-0.15, -0.1) is 0 Å². The summed E-state index contributed by atoms with van der Waals surface area (Å²) >= 11 is 0. The molecule has 5 heteroatoms. The highest BCUT2D eigenvalue weighted by Crippen LogP contribution is 2.31. The van der Waals surface area contributed by atoms with Crippen LogP contribution in [0.5, 0.6) is 11.5 Å². The smallest absolute Gasteiger partial charge is 0.228 e. The Morgan fingerprint density at radius 3 is 2.25 bits per heavy atom. The van der Waals surface area contributed by atoms with Gasteiger partial charge >= 0.3 is 0 Å². The molecule has 0 saturated carbocycles. The van der Waals surface area contributed by atoms with Crippen LogP contribution in [0.25, 0.3) is 0 Å². The third-order valence-electron chi connectivity index (χ3n) is 3.88. The van der Waals surface area contributed by atoms with E-state index in [9.17, 15) is 4.79 Å². The predicted octanol–water partition coefficient (Wildman–Crippen LogP) is 3.26. The van der Waals surface area contributed by atoms with Crippen LogP contribution in [-0.4, -0.2) is 34.2 Å². The predicted molar refractivity (Wildman–Crippen MR) is 97.4 cm³/mol. The number of hydrogen-bond donors (Lipinski definition) is 1. The van der Waals surface area contributed by atoms with Gasteiger partial charge in [0.2, 0.25) is 5.91 Å². The molecule has 0 spiro atoms. The van der Waals surface area contributed by atoms with Gasteiger partial charge in [-0.05, 0) is 37.3 Å². The zero-order valence-electron chi connectivity index (χ0n) is 14.8. The Bertz CT molecular complexity index is 709. The standard InChI is InChI=1S/C19H24N2O3/c1-13-17(23-4)11-6-14(19(13)24-5)12-18(22)20-15-7-9-16(10-8-15)21(2)3/h6-11H,12H2,1-5H3,(H,20,22). The maximum Gasteiger partial charge on any atom is 0.228 e. The lowest BCUT2D eigenvalue weighted by molar-refractivity contribution is -0.115. The molecule has 0 aliphatic rings. The van der Waals surface area contributed by atoms with E-state index in [4.69, 9.17) is 9.47 Å². The number of methoxy groups -OCH3 is 2. The van der Waals surface area contributed by atoms with Crippen molar-refractivity contribution < 1.29 is 14.3 Å². The topological polar surface area (TPSA) is 50.8 Å². The zero-order chi connectivity index (χ0) is 17.7. The molecule has 128 valence electrons. The van der Waals surface area contributed by atoms with E-state index >= 15 is 0 Å². The van der Waals surface area contributed by atoms with Gasteiger partial charge in [-0.1, -0.05) is 6.07 Å². The minimum atomic E-state index is -0.0875. The summed E-state index contributed by atoms with van der Waals surface area (Å²) in [7, 11) is 7.17. The Labute approximate surface area is 143 Å². The third kappa shape index (κ3) is 3.98. The number of hydrogen-bond acceptors (Lipinski definition) is 4. The van der Waals surface area contributed by atoms with Crippen LogP contribution < -0.4 is 19.7 Å². The van der Waals surface area contributed by atoms with Gasteiger partial charge in [0.15, 0.2) is 0 Å². The first kappa shape index (κ1) is 17.7. The van der Waals surface area contributed by atoms with Crippen LogP contribution in [0.2, 0.25) is 0 Å². The first-order chi connectivity index (χ1) is 11.5. The van der Waals surface area contributed by atoms with Crippen molar-refractivity contribution in [3.8, 4) is 11.5 Å². The van der Waals surface area contributed by atoms with Crippen molar-refractivity contribution in [1.29, 1.82) is 0 Å². The van der Waals surface area contributed by atoms with E-state index < -0.39 is 0 Å². The molecule has 0 fully saturated rings. The summed E-state index contributed by atoms with van der Waals surface area (Å²) in [6, 6.07) is 11.4. The monoisotopic (exact) mass is 328 g/mol. The molecule has 1 N–H and O–H groups in total. The molecule has 0 aliphatic heterocycles. The van der Waals surface area contributed by atoms with Crippen LogP contribution in [0.1, 0.15) is 11.1 Å². The number of ether oxygens (including phenoxy) is 2. The first-order valence-corrected chi connectivity index (χ1v) is 7.74. The number of carbonyl (C=O) groups excluding carboxylic acids is 1. The second-order valence-electron chi connectivity index (χ2n) is 5.75. The van der Waals surface area contributed by atoms with Gasteiger partial charge in [0.1, 0.15) is 11.5 Å². The molecule has 0 heterocycles. The fourth-order valence-electron chi connectivity index (χ4n) is 2.60. The summed E-state index contributed by atoms with van der Waals surface area (Å²) in [6.45, 7) is 1.92. The molecule has 24 heavy (non-hydrogen) atoms. The molecular weight excluding hydrogens is 304 g/mol. The van der Waals surface area contributed by atoms with Crippen LogP contribution in [0.3, 0.4) is 0 Å². The minimum Gasteiger partial charge on any atom is -0.496 e. The van der Waals surface area contributed by atoms with E-state index in [1.165, 1.54) is 0 Å². The SMILES string of the molecule is COc1ccc(CC(=O)Nc2ccc(N(C)C)cc2)c(OC)c1C. The molecule has 1 amide bonds. The van der Waals surface area contributed by atoms with E-state index in [1.807, 2.05) is 62.3 Å². The largest absolute Gasteiger partial charge is 0.496 e. The van der Waals surface area contributed by atoms with E-state index in [0.717, 1.165) is 28.3 Å². The van der Waals surface area contributed by atoms with Crippen molar-refractivity contribution in [2.45, 2.75) is 13.3 Å². The maximum absolute atomic E-state index is 12.3. The summed E-state index contributed by atoms with van der Waals surface area (Å²) in [5.41, 5.74) is 3.58. The number of benzene rings is 2. The van der Waals surface area contributed by atoms with Crippen LogP contribution in [0.4, 0.5) is 11.4 Å². The van der Waals surface area contributed by atoms with Crippen molar-refractivity contribution in [1.82, 2.24) is 0 Å². The minimum absolute atomic E-state index is 0.0875. The van der Waals surface area contributed by atoms with E-state index in [0.29, 0.717) is 5.75 Å². The average molecular weight is 328 g/mol. The Balaban J connectivity index is 2.11. The Hall–Kier alpha value is -2.69. The Morgan fingerprint density at radius 1 is 1.04 bits per heavy atom. The number of nitrogens with zero attached hydrogens (tertiary/aromatic N) is 1. The van der Waals surface area contributed by atoms with Gasteiger partial charge in [0.05, 0.1) is 20.6 Å². The molecule has 0 atom stereocenters. The number of carbonyl (C=O) groups is 1. The summed E-state index contributed by atoms with van der Waals surface area (Å²) in [5.74, 6) is 1.35. The lowest BCUT2D eigenvalue weighted by Gasteiger charge is -2.15. The highest BCUT2D eigenvalue weighted by atomic mass is 16.5. The molecule has 0 unspecified atom stereocenters. The number of amides is 1. The molecule has 2 aromatic rings. The quantitative estimate of drug-likeness (QED) is 0.884. The van der Waals surface area contributed by atoms with Crippen molar-refractivity contribution in [2.24, 2.45) is 0 Å². The van der Waals surface area contributed by atoms with Gasteiger partial charge in [-0.25, -0.2) is 0 Å². The molecule has 2 rings (SSSR count). The Morgan fingerprint density at radius 2 is 1.71 bits per heavy atom. The highest BCUT2D eigenvalue weighted by molar-refractivity contribution is 5.93. The van der Waals surface area contributed by atoms with Crippen LogP contribution in [-0.2, 0) is 11.2 Å². The van der Waals surface area contributed by atoms with Crippen molar-refractivity contribution in [3.63, 3.8) is 0 Å². The molecule has 0 aromatic heterocycles. The molecule has 0 aliphatic carbocycles. The molecule has 0 radical (unpaired) electrons. The van der Waals surface area contributed by atoms with Gasteiger partial charge in [-0.3, -0.25) is 4.79 Å². The summed E-state index contributed by atoms with van der Waals surface area (Å²) < 4.78 is 10.7. The second kappa shape index (κ2) is 7.73. The summed E-state index contributed by atoms with van der Waals surface area (Å²) in [6.07, 6.45) is 0.240. The third-order valence-corrected chi connectivity index (χ3v) is 3.88. The fraction of sp³-hybridized carbons (Fsp3) is 0.316. The van der Waals surface area contributed by atoms with E-state index in [2.05, 4.69) is 5.32 Å². The number of anilines is 2. The molecule has 0 saturated heterocycles. The first-order valence-electron chi connectivity index (χ1n) is 7.74. The Kier molecular flexibility index (Phi) is 5.68. The molecule has 2 aromatic carbocycles. The van der Waals surface area contributed by atoms with Crippen molar-refractivity contribution in [2.75, 3.05) is 38.5 Å². The molecular formula is C19H24N2O3. The second-order valence-corrected chi connectivity index (χ2v) is 5.75. The highest BCUT2D eigenvalue weighted by Gasteiger charge is 2.14. The molecule has 0 bridgehead atoms. The van der Waals surface area contributed by atoms with Crippen molar-refractivity contribution >= 4 is 17.3 Å². The van der Waals surface area contributed by atoms with Crippen LogP contribution in [0.15, 0.2) is 36.4 Å². The lowest BCUT2D eigenvalue weighted by Crippen LogP contribution is -2.15. The maximum atomic E-state index is 12.3. The molecule has 5 nitrogen and oxygen atoms in total. The van der Waals surface area contributed by atoms with Crippen LogP contribution in [0, 0.1) is 6.92 Å². The average Bonchev–Trinajstić information content (AvgIpc) is 2.55. The lowest BCUT2D eigenvalue weighted by atomic mass is 10.1. The van der Waals surface area contributed by atoms with Gasteiger partial charge in [-0.2, -0.15) is 0 Å². The normalized spacial score (nSPS) is 10.2.